The predicted molar refractivity (Wildman–Crippen MR) is 86.9 cm³/mol. The highest BCUT2D eigenvalue weighted by Gasteiger charge is 2.11. The molecule has 0 spiro atoms. The predicted octanol–water partition coefficient (Wildman–Crippen LogP) is 4.11. The van der Waals surface area contributed by atoms with Crippen molar-refractivity contribution < 1.29 is 0 Å². The summed E-state index contributed by atoms with van der Waals surface area (Å²) in [6, 6.07) is 4.50. The highest BCUT2D eigenvalue weighted by atomic mass is 79.9. The van der Waals surface area contributed by atoms with Crippen molar-refractivity contribution in [2.45, 2.75) is 33.7 Å². The Morgan fingerprint density at radius 3 is 2.25 bits per heavy atom. The minimum absolute atomic E-state index is 0.262. The van der Waals surface area contributed by atoms with Gasteiger partial charge in [0.2, 0.25) is 0 Å². The summed E-state index contributed by atoms with van der Waals surface area (Å²) in [7, 11) is 1.94. The van der Waals surface area contributed by atoms with E-state index in [0.717, 1.165) is 27.1 Å². The Bertz CT molecular complexity index is 615. The number of nitrogens with zero attached hydrogens (tertiary/aromatic N) is 2. The van der Waals surface area contributed by atoms with Crippen LogP contribution in [0, 0.1) is 20.8 Å². The molecule has 1 aromatic carbocycles. The summed E-state index contributed by atoms with van der Waals surface area (Å²) in [5.74, 6) is 0.785. The van der Waals surface area contributed by atoms with Gasteiger partial charge in [-0.05, 0) is 58.0 Å². The molecule has 1 heterocycles. The van der Waals surface area contributed by atoms with Crippen molar-refractivity contribution >= 4 is 15.9 Å². The first kappa shape index (κ1) is 15.1. The highest BCUT2D eigenvalue weighted by molar-refractivity contribution is 9.10. The lowest BCUT2D eigenvalue weighted by atomic mass is 10.1. The van der Waals surface area contributed by atoms with Gasteiger partial charge in [0.25, 0.3) is 0 Å². The summed E-state index contributed by atoms with van der Waals surface area (Å²) in [6.45, 7) is 8.32. The van der Waals surface area contributed by atoms with Gasteiger partial charge in [0, 0.05) is 33.5 Å². The van der Waals surface area contributed by atoms with Gasteiger partial charge < -0.3 is 5.32 Å². The van der Waals surface area contributed by atoms with Crippen LogP contribution in [0.5, 0.6) is 0 Å². The Balaban J connectivity index is 2.47. The average Bonchev–Trinajstić information content (AvgIpc) is 2.43. The van der Waals surface area contributed by atoms with Gasteiger partial charge in [0.1, 0.15) is 0 Å². The lowest BCUT2D eigenvalue weighted by Crippen LogP contribution is -2.14. The zero-order chi connectivity index (χ0) is 14.9. The molecule has 1 unspecified atom stereocenters. The van der Waals surface area contributed by atoms with Crippen molar-refractivity contribution in [2.75, 3.05) is 7.05 Å². The number of hydrogen-bond donors (Lipinski definition) is 1. The molecule has 1 atom stereocenters. The number of benzene rings is 1. The second-order valence-corrected chi connectivity index (χ2v) is 5.96. The number of aryl methyl sites for hydroxylation is 3. The van der Waals surface area contributed by atoms with Gasteiger partial charge in [-0.1, -0.05) is 15.9 Å². The van der Waals surface area contributed by atoms with Crippen molar-refractivity contribution in [2.24, 2.45) is 0 Å². The minimum Gasteiger partial charge on any atom is -0.313 e. The molecule has 20 heavy (non-hydrogen) atoms. The summed E-state index contributed by atoms with van der Waals surface area (Å²) in [5, 5.41) is 3.22. The fraction of sp³-hybridized carbons (Fsp3) is 0.375. The largest absolute Gasteiger partial charge is 0.313 e. The summed E-state index contributed by atoms with van der Waals surface area (Å²) in [6.07, 6.45) is 1.92. The molecule has 4 heteroatoms. The van der Waals surface area contributed by atoms with Crippen molar-refractivity contribution in [3.8, 4) is 11.4 Å². The molecular weight excluding hydrogens is 314 g/mol. The van der Waals surface area contributed by atoms with Gasteiger partial charge in [0.15, 0.2) is 5.82 Å². The maximum Gasteiger partial charge on any atom is 0.159 e. The molecule has 3 nitrogen and oxygen atoms in total. The molecule has 0 fully saturated rings. The smallest absolute Gasteiger partial charge is 0.159 e. The number of aromatic nitrogens is 2. The SMILES string of the molecule is CNC(C)c1cnc(-c2cc(C)c(Br)c(C)c2)nc1C. The third kappa shape index (κ3) is 2.91. The van der Waals surface area contributed by atoms with Crippen LogP contribution in [0.2, 0.25) is 0 Å². The van der Waals surface area contributed by atoms with Crippen molar-refractivity contribution in [3.63, 3.8) is 0 Å². The molecule has 1 aromatic heterocycles. The van der Waals surface area contributed by atoms with Crippen LogP contribution in [0.3, 0.4) is 0 Å². The number of halogens is 1. The normalized spacial score (nSPS) is 12.5. The van der Waals surface area contributed by atoms with Crippen molar-refractivity contribution in [1.82, 2.24) is 15.3 Å². The second-order valence-electron chi connectivity index (χ2n) is 5.17. The Hall–Kier alpha value is -1.26. The first-order valence-electron chi connectivity index (χ1n) is 6.72. The van der Waals surface area contributed by atoms with E-state index in [4.69, 9.17) is 0 Å². The zero-order valence-electron chi connectivity index (χ0n) is 12.6. The van der Waals surface area contributed by atoms with Gasteiger partial charge in [-0.3, -0.25) is 0 Å². The van der Waals surface area contributed by atoms with E-state index in [2.05, 4.69) is 64.1 Å². The van der Waals surface area contributed by atoms with E-state index in [9.17, 15) is 0 Å². The third-order valence-corrected chi connectivity index (χ3v) is 4.86. The van der Waals surface area contributed by atoms with Crippen LogP contribution in [-0.4, -0.2) is 17.0 Å². The molecule has 0 bridgehead atoms. The molecule has 0 radical (unpaired) electrons. The van der Waals surface area contributed by atoms with Gasteiger partial charge in [-0.25, -0.2) is 9.97 Å². The van der Waals surface area contributed by atoms with Gasteiger partial charge in [0.05, 0.1) is 0 Å². The molecule has 0 aliphatic heterocycles. The highest BCUT2D eigenvalue weighted by Crippen LogP contribution is 2.27. The summed E-state index contributed by atoms with van der Waals surface area (Å²) < 4.78 is 1.15. The molecule has 0 saturated carbocycles. The lowest BCUT2D eigenvalue weighted by molar-refractivity contribution is 0.641. The molecular formula is C16H20BrN3. The fourth-order valence-electron chi connectivity index (χ4n) is 2.27. The van der Waals surface area contributed by atoms with Crippen LogP contribution in [-0.2, 0) is 0 Å². The standard InChI is InChI=1S/C16H20BrN3/c1-9-6-13(7-10(2)15(9)17)16-19-8-14(11(3)18-5)12(4)20-16/h6-8,11,18H,1-5H3. The van der Waals surface area contributed by atoms with Crippen LogP contribution in [0.1, 0.15) is 35.3 Å². The monoisotopic (exact) mass is 333 g/mol. The number of rotatable bonds is 3. The topological polar surface area (TPSA) is 37.8 Å². The Labute approximate surface area is 129 Å². The fourth-order valence-corrected chi connectivity index (χ4v) is 2.50. The van der Waals surface area contributed by atoms with E-state index >= 15 is 0 Å². The lowest BCUT2D eigenvalue weighted by Gasteiger charge is -2.14. The van der Waals surface area contributed by atoms with Crippen LogP contribution in [0.15, 0.2) is 22.8 Å². The van der Waals surface area contributed by atoms with E-state index in [1.807, 2.05) is 20.2 Å². The molecule has 2 aromatic rings. The van der Waals surface area contributed by atoms with E-state index in [0.29, 0.717) is 0 Å². The van der Waals surface area contributed by atoms with Crippen LogP contribution in [0.25, 0.3) is 11.4 Å². The molecule has 0 amide bonds. The molecule has 0 saturated heterocycles. The van der Waals surface area contributed by atoms with E-state index in [-0.39, 0.29) is 6.04 Å². The van der Waals surface area contributed by atoms with Gasteiger partial charge >= 0.3 is 0 Å². The van der Waals surface area contributed by atoms with Gasteiger partial charge in [-0.15, -0.1) is 0 Å². The van der Waals surface area contributed by atoms with E-state index in [1.165, 1.54) is 11.1 Å². The Morgan fingerprint density at radius 1 is 1.15 bits per heavy atom. The van der Waals surface area contributed by atoms with Crippen LogP contribution < -0.4 is 5.32 Å². The summed E-state index contributed by atoms with van der Waals surface area (Å²) in [5.41, 5.74) is 5.63. The molecule has 0 aliphatic carbocycles. The molecule has 106 valence electrons. The van der Waals surface area contributed by atoms with Crippen LogP contribution >= 0.6 is 15.9 Å². The Morgan fingerprint density at radius 2 is 1.75 bits per heavy atom. The third-order valence-electron chi connectivity index (χ3n) is 3.61. The minimum atomic E-state index is 0.262. The van der Waals surface area contributed by atoms with Gasteiger partial charge in [-0.2, -0.15) is 0 Å². The second kappa shape index (κ2) is 6.02. The first-order valence-corrected chi connectivity index (χ1v) is 7.51. The first-order chi connectivity index (χ1) is 9.43. The molecule has 0 aliphatic rings. The molecule has 1 N–H and O–H groups in total. The number of hydrogen-bond acceptors (Lipinski definition) is 3. The van der Waals surface area contributed by atoms with E-state index in [1.54, 1.807) is 0 Å². The zero-order valence-corrected chi connectivity index (χ0v) is 14.2. The van der Waals surface area contributed by atoms with Crippen LogP contribution in [0.4, 0.5) is 0 Å². The summed E-state index contributed by atoms with van der Waals surface area (Å²) in [4.78, 5) is 9.18. The van der Waals surface area contributed by atoms with Crippen molar-refractivity contribution in [3.05, 3.63) is 45.2 Å². The maximum absolute atomic E-state index is 4.66. The average molecular weight is 334 g/mol. The van der Waals surface area contributed by atoms with Crippen molar-refractivity contribution in [1.29, 1.82) is 0 Å². The number of nitrogens with one attached hydrogen (secondary N) is 1. The van der Waals surface area contributed by atoms with E-state index < -0.39 is 0 Å². The Kier molecular flexibility index (Phi) is 4.55. The maximum atomic E-state index is 4.66. The quantitative estimate of drug-likeness (QED) is 0.918. The molecule has 2 rings (SSSR count). The summed E-state index contributed by atoms with van der Waals surface area (Å²) >= 11 is 3.59.